The van der Waals surface area contributed by atoms with Gasteiger partial charge in [-0.25, -0.2) is 8.42 Å². The van der Waals surface area contributed by atoms with Crippen molar-refractivity contribution in [2.75, 3.05) is 17.1 Å². The van der Waals surface area contributed by atoms with E-state index in [1.165, 1.54) is 10.6 Å². The number of rotatable bonds is 13. The van der Waals surface area contributed by atoms with Crippen molar-refractivity contribution in [2.45, 2.75) is 72.5 Å². The second kappa shape index (κ2) is 14.3. The summed E-state index contributed by atoms with van der Waals surface area (Å²) >= 11 is 0. The number of nitrogens with zero attached hydrogens (tertiary/aromatic N) is 2. The van der Waals surface area contributed by atoms with Gasteiger partial charge in [0.1, 0.15) is 6.04 Å². The van der Waals surface area contributed by atoms with Crippen LogP contribution in [0, 0.1) is 20.8 Å². The zero-order valence-corrected chi connectivity index (χ0v) is 25.9. The molecule has 0 aliphatic rings. The van der Waals surface area contributed by atoms with E-state index >= 15 is 0 Å². The maximum atomic E-state index is 13.9. The zero-order valence-electron chi connectivity index (χ0n) is 25.1. The summed E-state index contributed by atoms with van der Waals surface area (Å²) < 4.78 is 26.9. The highest BCUT2D eigenvalue weighted by atomic mass is 32.2. The fourth-order valence-corrected chi connectivity index (χ4v) is 5.83. The lowest BCUT2D eigenvalue weighted by Crippen LogP contribution is -2.51. The SMILES string of the molecule is Cc1ccc(CN(C(=O)CCCN(c2cccc(C)c2C)S(C)(=O)=O)[C@H](Cc2ccccc2)C(=O)NC(C)C)cc1. The molecule has 7 nitrogen and oxygen atoms in total. The number of anilines is 1. The molecule has 0 unspecified atom stereocenters. The Bertz CT molecular complexity index is 1420. The minimum absolute atomic E-state index is 0.0852. The molecule has 41 heavy (non-hydrogen) atoms. The van der Waals surface area contributed by atoms with E-state index in [2.05, 4.69) is 5.32 Å². The Labute approximate surface area is 245 Å². The molecule has 220 valence electrons. The Hall–Kier alpha value is -3.65. The number of amides is 2. The number of aryl methyl sites for hydroxylation is 2. The van der Waals surface area contributed by atoms with Crippen LogP contribution in [-0.2, 0) is 32.6 Å². The first kappa shape index (κ1) is 31.9. The van der Waals surface area contributed by atoms with Crippen LogP contribution in [0.1, 0.15) is 54.5 Å². The zero-order chi connectivity index (χ0) is 30.2. The molecular weight excluding hydrogens is 534 g/mol. The van der Waals surface area contributed by atoms with Crippen LogP contribution < -0.4 is 9.62 Å². The fraction of sp³-hybridized carbons (Fsp3) is 0.394. The van der Waals surface area contributed by atoms with Gasteiger partial charge in [0.25, 0.3) is 0 Å². The Balaban J connectivity index is 1.89. The molecule has 0 saturated heterocycles. The summed E-state index contributed by atoms with van der Waals surface area (Å²) in [6, 6.07) is 22.4. The minimum atomic E-state index is -3.57. The molecule has 1 atom stereocenters. The molecule has 0 spiro atoms. The first-order chi connectivity index (χ1) is 19.4. The Morgan fingerprint density at radius 2 is 1.51 bits per heavy atom. The van der Waals surface area contributed by atoms with Crippen molar-refractivity contribution in [3.8, 4) is 0 Å². The molecular formula is C33H43N3O4S. The van der Waals surface area contributed by atoms with E-state index in [1.807, 2.05) is 101 Å². The number of sulfonamides is 1. The van der Waals surface area contributed by atoms with Crippen molar-refractivity contribution < 1.29 is 18.0 Å². The number of nitrogens with one attached hydrogen (secondary N) is 1. The van der Waals surface area contributed by atoms with E-state index in [1.54, 1.807) is 11.0 Å². The van der Waals surface area contributed by atoms with Crippen LogP contribution in [0.3, 0.4) is 0 Å². The molecule has 0 aliphatic heterocycles. The van der Waals surface area contributed by atoms with Crippen LogP contribution in [0.4, 0.5) is 5.69 Å². The largest absolute Gasteiger partial charge is 0.352 e. The van der Waals surface area contributed by atoms with E-state index in [0.29, 0.717) is 18.5 Å². The van der Waals surface area contributed by atoms with Crippen LogP contribution in [0.2, 0.25) is 0 Å². The first-order valence-corrected chi connectivity index (χ1v) is 15.9. The predicted molar refractivity (Wildman–Crippen MR) is 166 cm³/mol. The molecule has 0 radical (unpaired) electrons. The van der Waals surface area contributed by atoms with E-state index < -0.39 is 16.1 Å². The van der Waals surface area contributed by atoms with Gasteiger partial charge in [-0.15, -0.1) is 0 Å². The van der Waals surface area contributed by atoms with Gasteiger partial charge in [-0.1, -0.05) is 72.3 Å². The average Bonchev–Trinajstić information content (AvgIpc) is 2.91. The lowest BCUT2D eigenvalue weighted by atomic mass is 10.0. The molecule has 0 bridgehead atoms. The number of hydrogen-bond donors (Lipinski definition) is 1. The first-order valence-electron chi connectivity index (χ1n) is 14.1. The Morgan fingerprint density at radius 3 is 2.12 bits per heavy atom. The van der Waals surface area contributed by atoms with Gasteiger partial charge in [0.15, 0.2) is 0 Å². The summed E-state index contributed by atoms with van der Waals surface area (Å²) in [5, 5.41) is 3.00. The van der Waals surface area contributed by atoms with Gasteiger partial charge in [0.2, 0.25) is 21.8 Å². The second-order valence-corrected chi connectivity index (χ2v) is 12.9. The highest BCUT2D eigenvalue weighted by molar-refractivity contribution is 7.92. The molecule has 3 rings (SSSR count). The van der Waals surface area contributed by atoms with Crippen molar-refractivity contribution in [2.24, 2.45) is 0 Å². The van der Waals surface area contributed by atoms with Crippen molar-refractivity contribution in [3.05, 3.63) is 101 Å². The van der Waals surface area contributed by atoms with E-state index in [-0.39, 0.29) is 37.4 Å². The summed E-state index contributed by atoms with van der Waals surface area (Å²) in [4.78, 5) is 29.1. The number of benzene rings is 3. The van der Waals surface area contributed by atoms with Crippen LogP contribution in [0.25, 0.3) is 0 Å². The van der Waals surface area contributed by atoms with Gasteiger partial charge >= 0.3 is 0 Å². The molecule has 0 saturated carbocycles. The third-order valence-electron chi connectivity index (χ3n) is 7.17. The van der Waals surface area contributed by atoms with Crippen LogP contribution >= 0.6 is 0 Å². The minimum Gasteiger partial charge on any atom is -0.352 e. The quantitative estimate of drug-likeness (QED) is 0.298. The summed E-state index contributed by atoms with van der Waals surface area (Å²) in [5.74, 6) is -0.405. The molecule has 0 aromatic heterocycles. The topological polar surface area (TPSA) is 86.8 Å². The van der Waals surface area contributed by atoms with Gasteiger partial charge in [0.05, 0.1) is 11.9 Å². The van der Waals surface area contributed by atoms with Crippen LogP contribution in [0.15, 0.2) is 72.8 Å². The summed E-state index contributed by atoms with van der Waals surface area (Å²) in [5.41, 5.74) is 5.49. The summed E-state index contributed by atoms with van der Waals surface area (Å²) in [7, 11) is -3.57. The van der Waals surface area contributed by atoms with Crippen molar-refractivity contribution in [1.29, 1.82) is 0 Å². The third-order valence-corrected chi connectivity index (χ3v) is 8.35. The van der Waals surface area contributed by atoms with E-state index in [4.69, 9.17) is 0 Å². The highest BCUT2D eigenvalue weighted by Crippen LogP contribution is 2.26. The lowest BCUT2D eigenvalue weighted by Gasteiger charge is -2.32. The Morgan fingerprint density at radius 1 is 0.854 bits per heavy atom. The number of carbonyl (C=O) groups excluding carboxylic acids is 2. The molecule has 0 heterocycles. The standard InChI is InChI=1S/C33H43N3O4S/c1-24(2)34-33(38)31(22-28-13-8-7-9-14-28)35(23-29-19-17-25(3)18-20-29)32(37)16-11-21-36(41(6,39)40)30-15-10-12-26(4)27(30)5/h7-10,12-15,17-20,24,31H,11,16,21-23H2,1-6H3,(H,34,38)/t31-/m1/s1. The van der Waals surface area contributed by atoms with Gasteiger partial charge < -0.3 is 10.2 Å². The highest BCUT2D eigenvalue weighted by Gasteiger charge is 2.31. The fourth-order valence-electron chi connectivity index (χ4n) is 4.81. The van der Waals surface area contributed by atoms with Crippen molar-refractivity contribution in [3.63, 3.8) is 0 Å². The van der Waals surface area contributed by atoms with E-state index in [0.717, 1.165) is 27.8 Å². The smallest absolute Gasteiger partial charge is 0.243 e. The van der Waals surface area contributed by atoms with E-state index in [9.17, 15) is 18.0 Å². The number of carbonyl (C=O) groups is 2. The summed E-state index contributed by atoms with van der Waals surface area (Å²) in [6.07, 6.45) is 1.97. The molecule has 3 aromatic carbocycles. The normalized spacial score (nSPS) is 12.2. The lowest BCUT2D eigenvalue weighted by molar-refractivity contribution is -0.141. The average molecular weight is 578 g/mol. The Kier molecular flexibility index (Phi) is 11.1. The van der Waals surface area contributed by atoms with Crippen molar-refractivity contribution in [1.82, 2.24) is 10.2 Å². The maximum absolute atomic E-state index is 13.9. The molecule has 0 aliphatic carbocycles. The monoisotopic (exact) mass is 577 g/mol. The molecule has 3 aromatic rings. The molecule has 2 amide bonds. The maximum Gasteiger partial charge on any atom is 0.243 e. The molecule has 8 heteroatoms. The molecule has 1 N–H and O–H groups in total. The van der Waals surface area contributed by atoms with Gasteiger partial charge in [-0.2, -0.15) is 0 Å². The van der Waals surface area contributed by atoms with Gasteiger partial charge in [0, 0.05) is 32.0 Å². The third kappa shape index (κ3) is 9.18. The van der Waals surface area contributed by atoms with Crippen LogP contribution in [-0.4, -0.2) is 50.0 Å². The number of hydrogen-bond acceptors (Lipinski definition) is 4. The summed E-state index contributed by atoms with van der Waals surface area (Å²) in [6.45, 7) is 10.1. The molecule has 0 fully saturated rings. The van der Waals surface area contributed by atoms with Crippen LogP contribution in [0.5, 0.6) is 0 Å². The van der Waals surface area contributed by atoms with Crippen molar-refractivity contribution >= 4 is 27.5 Å². The van der Waals surface area contributed by atoms with Gasteiger partial charge in [-0.05, 0) is 69.4 Å². The predicted octanol–water partition coefficient (Wildman–Crippen LogP) is 5.32. The second-order valence-electron chi connectivity index (χ2n) is 11.0. The van der Waals surface area contributed by atoms with Gasteiger partial charge in [-0.3, -0.25) is 13.9 Å².